The van der Waals surface area contributed by atoms with Crippen LogP contribution in [0.15, 0.2) is 33.9 Å². The summed E-state index contributed by atoms with van der Waals surface area (Å²) in [4.78, 5) is 16.5. The van der Waals surface area contributed by atoms with Gasteiger partial charge in [-0.1, -0.05) is 28.9 Å². The van der Waals surface area contributed by atoms with Gasteiger partial charge in [0.15, 0.2) is 5.82 Å². The Labute approximate surface area is 154 Å². The normalized spacial score (nSPS) is 20.3. The van der Waals surface area contributed by atoms with Gasteiger partial charge in [0.2, 0.25) is 5.89 Å². The second-order valence-corrected chi connectivity index (χ2v) is 6.60. The molecule has 7 nitrogen and oxygen atoms in total. The summed E-state index contributed by atoms with van der Waals surface area (Å²) in [5, 5.41) is 9.20. The van der Waals surface area contributed by atoms with Gasteiger partial charge in [0.25, 0.3) is 5.91 Å². The molecule has 1 amide bonds. The number of nitrogens with two attached hydrogens (primary N) is 1. The highest BCUT2D eigenvalue weighted by Gasteiger charge is 2.33. The molecule has 2 unspecified atom stereocenters. The molecular formula is C16H17Cl2N5O2. The van der Waals surface area contributed by atoms with Gasteiger partial charge in [0.05, 0.1) is 0 Å². The van der Waals surface area contributed by atoms with Crippen LogP contribution < -0.4 is 5.73 Å². The van der Waals surface area contributed by atoms with Crippen LogP contribution in [-0.4, -0.2) is 39.2 Å². The maximum Gasteiger partial charge on any atom is 0.261 e. The maximum atomic E-state index is 12.2. The third-order valence-electron chi connectivity index (χ3n) is 3.88. The van der Waals surface area contributed by atoms with E-state index in [1.54, 1.807) is 6.21 Å². The van der Waals surface area contributed by atoms with Crippen molar-refractivity contribution in [3.63, 3.8) is 0 Å². The van der Waals surface area contributed by atoms with Gasteiger partial charge in [0.1, 0.15) is 11.9 Å². The van der Waals surface area contributed by atoms with Gasteiger partial charge >= 0.3 is 0 Å². The average Bonchev–Trinajstić information content (AvgIpc) is 3.06. The van der Waals surface area contributed by atoms with Crippen LogP contribution in [0.5, 0.6) is 0 Å². The summed E-state index contributed by atoms with van der Waals surface area (Å²) in [5.74, 6) is 0.302. The molecule has 25 heavy (non-hydrogen) atoms. The van der Waals surface area contributed by atoms with Crippen LogP contribution in [0.4, 0.5) is 0 Å². The van der Waals surface area contributed by atoms with Crippen LogP contribution in [0, 0.1) is 5.92 Å². The summed E-state index contributed by atoms with van der Waals surface area (Å²) in [6.07, 6.45) is 2.96. The molecule has 1 aromatic carbocycles. The van der Waals surface area contributed by atoms with Crippen molar-refractivity contribution in [3.8, 4) is 0 Å². The van der Waals surface area contributed by atoms with Gasteiger partial charge in [-0.3, -0.25) is 4.79 Å². The minimum atomic E-state index is -0.727. The average molecular weight is 382 g/mol. The van der Waals surface area contributed by atoms with Gasteiger partial charge in [0, 0.05) is 30.1 Å². The van der Waals surface area contributed by atoms with Crippen molar-refractivity contribution in [2.45, 2.75) is 24.8 Å². The molecule has 2 N–H and O–H groups in total. The van der Waals surface area contributed by atoms with Gasteiger partial charge in [-0.2, -0.15) is 10.1 Å². The molecule has 0 saturated carbocycles. The van der Waals surface area contributed by atoms with Crippen LogP contribution in [0.1, 0.15) is 17.3 Å². The zero-order valence-corrected chi connectivity index (χ0v) is 14.8. The van der Waals surface area contributed by atoms with Crippen LogP contribution in [0.2, 0.25) is 5.02 Å². The number of aryl methyl sites for hydroxylation is 2. The van der Waals surface area contributed by atoms with E-state index in [9.17, 15) is 4.79 Å². The Hall–Kier alpha value is -1.96. The number of amides is 1. The zero-order valence-electron chi connectivity index (χ0n) is 13.3. The summed E-state index contributed by atoms with van der Waals surface area (Å²) in [7, 11) is 0. The van der Waals surface area contributed by atoms with Crippen molar-refractivity contribution in [1.29, 1.82) is 0 Å². The molecule has 1 aliphatic rings. The molecule has 3 rings (SSSR count). The minimum absolute atomic E-state index is 0.0871. The number of hydrogen-bond acceptors (Lipinski definition) is 6. The van der Waals surface area contributed by atoms with E-state index < -0.39 is 5.38 Å². The molecule has 0 fully saturated rings. The van der Waals surface area contributed by atoms with Crippen molar-refractivity contribution in [3.05, 3.63) is 46.6 Å². The predicted octanol–water partition coefficient (Wildman–Crippen LogP) is 2.02. The lowest BCUT2D eigenvalue weighted by atomic mass is 10.1. The van der Waals surface area contributed by atoms with Crippen LogP contribution in [0.25, 0.3) is 0 Å². The van der Waals surface area contributed by atoms with E-state index >= 15 is 0 Å². The predicted molar refractivity (Wildman–Crippen MR) is 94.4 cm³/mol. The number of nitrogens with zero attached hydrogens (tertiary/aromatic N) is 4. The second-order valence-electron chi connectivity index (χ2n) is 5.69. The van der Waals surface area contributed by atoms with Crippen LogP contribution in [-0.2, 0) is 24.2 Å². The molecular weight excluding hydrogens is 365 g/mol. The lowest BCUT2D eigenvalue weighted by Crippen LogP contribution is -2.44. The van der Waals surface area contributed by atoms with Crippen molar-refractivity contribution in [2.24, 2.45) is 16.8 Å². The lowest BCUT2D eigenvalue weighted by Gasteiger charge is -2.26. The number of carbonyl (C=O) groups is 1. The molecule has 1 aliphatic heterocycles. The van der Waals surface area contributed by atoms with E-state index in [2.05, 4.69) is 15.2 Å². The molecule has 2 atom stereocenters. The van der Waals surface area contributed by atoms with Gasteiger partial charge in [-0.05, 0) is 24.1 Å². The first-order valence-corrected chi connectivity index (χ1v) is 8.64. The van der Waals surface area contributed by atoms with Crippen molar-refractivity contribution in [2.75, 3.05) is 6.54 Å². The highest BCUT2D eigenvalue weighted by molar-refractivity contribution is 6.32. The van der Waals surface area contributed by atoms with Crippen molar-refractivity contribution in [1.82, 2.24) is 15.1 Å². The molecule has 132 valence electrons. The van der Waals surface area contributed by atoms with Crippen LogP contribution >= 0.6 is 23.2 Å². The summed E-state index contributed by atoms with van der Waals surface area (Å²) in [5.41, 5.74) is 6.68. The Morgan fingerprint density at radius 2 is 2.00 bits per heavy atom. The summed E-state index contributed by atoms with van der Waals surface area (Å²) in [6, 6.07) is 7.60. The monoisotopic (exact) mass is 381 g/mol. The SMILES string of the molecule is NCC1C=NN(Cc2nc(CCc3ccc(Cl)cc3)no2)C(=O)C1Cl. The van der Waals surface area contributed by atoms with Crippen molar-refractivity contribution < 1.29 is 9.32 Å². The fourth-order valence-electron chi connectivity index (χ4n) is 2.41. The van der Waals surface area contributed by atoms with Gasteiger partial charge < -0.3 is 10.3 Å². The summed E-state index contributed by atoms with van der Waals surface area (Å²) in [6.45, 7) is 0.358. The van der Waals surface area contributed by atoms with E-state index in [0.717, 1.165) is 12.0 Å². The van der Waals surface area contributed by atoms with Gasteiger partial charge in [-0.15, -0.1) is 11.6 Å². The summed E-state index contributed by atoms with van der Waals surface area (Å²) < 4.78 is 5.19. The number of alkyl halides is 1. The molecule has 0 bridgehead atoms. The Morgan fingerprint density at radius 1 is 1.24 bits per heavy atom. The van der Waals surface area contributed by atoms with E-state index in [1.807, 2.05) is 24.3 Å². The largest absolute Gasteiger partial charge is 0.337 e. The third-order valence-corrected chi connectivity index (χ3v) is 4.64. The Bertz CT molecular complexity index is 762. The summed E-state index contributed by atoms with van der Waals surface area (Å²) >= 11 is 12.0. The Kier molecular flexibility index (Phi) is 5.67. The number of aromatic nitrogens is 2. The molecule has 0 aliphatic carbocycles. The highest BCUT2D eigenvalue weighted by atomic mass is 35.5. The first kappa shape index (κ1) is 17.8. The second kappa shape index (κ2) is 7.95. The zero-order chi connectivity index (χ0) is 17.8. The number of rotatable bonds is 6. The third kappa shape index (κ3) is 4.36. The Balaban J connectivity index is 1.58. The van der Waals surface area contributed by atoms with E-state index in [4.69, 9.17) is 33.5 Å². The molecule has 1 aromatic heterocycles. The first-order valence-electron chi connectivity index (χ1n) is 7.82. The van der Waals surface area contributed by atoms with Gasteiger partial charge in [-0.25, -0.2) is 5.01 Å². The molecule has 0 radical (unpaired) electrons. The fourth-order valence-corrected chi connectivity index (χ4v) is 2.82. The molecule has 9 heteroatoms. The maximum absolute atomic E-state index is 12.2. The molecule has 2 heterocycles. The molecule has 0 saturated heterocycles. The lowest BCUT2D eigenvalue weighted by molar-refractivity contribution is -0.133. The topological polar surface area (TPSA) is 97.6 Å². The van der Waals surface area contributed by atoms with Crippen molar-refractivity contribution >= 4 is 35.3 Å². The number of carbonyl (C=O) groups excluding carboxylic acids is 1. The smallest absolute Gasteiger partial charge is 0.261 e. The Morgan fingerprint density at radius 3 is 2.72 bits per heavy atom. The number of hydrogen-bond donors (Lipinski definition) is 1. The molecule has 0 spiro atoms. The van der Waals surface area contributed by atoms with E-state index in [0.29, 0.717) is 23.2 Å². The first-order chi connectivity index (χ1) is 12.1. The van der Waals surface area contributed by atoms with E-state index in [-0.39, 0.29) is 24.9 Å². The van der Waals surface area contributed by atoms with Crippen LogP contribution in [0.3, 0.4) is 0 Å². The van der Waals surface area contributed by atoms with E-state index in [1.165, 1.54) is 5.01 Å². The number of halogens is 2. The highest BCUT2D eigenvalue weighted by Crippen LogP contribution is 2.19. The number of hydrazone groups is 1. The standard InChI is InChI=1S/C16H17Cl2N5O2/c17-12-4-1-10(2-5-12)3-6-13-21-14(25-22-13)9-23-16(24)15(18)11(7-19)8-20-23/h1-2,4-5,8,11,15H,3,6-7,9,19H2. The minimum Gasteiger partial charge on any atom is -0.337 e. The number of benzene rings is 1. The quantitative estimate of drug-likeness (QED) is 0.771. The molecule has 2 aromatic rings. The fraction of sp³-hybridized carbons (Fsp3) is 0.375.